The molecule has 0 aromatic heterocycles. The van der Waals surface area contributed by atoms with Gasteiger partial charge < -0.3 is 15.5 Å². The van der Waals surface area contributed by atoms with Gasteiger partial charge in [0.25, 0.3) is 0 Å². The lowest BCUT2D eigenvalue weighted by atomic mass is 10.1. The van der Waals surface area contributed by atoms with E-state index in [-0.39, 0.29) is 24.0 Å². The number of nitrogens with zero attached hydrogens (tertiary/aromatic N) is 3. The fraction of sp³-hybridized carbons (Fsp3) is 0.409. The fourth-order valence-corrected chi connectivity index (χ4v) is 3.21. The largest absolute Gasteiger partial charge is 0.352 e. The third kappa shape index (κ3) is 7.41. The van der Waals surface area contributed by atoms with Gasteiger partial charge in [0.05, 0.1) is 0 Å². The molecule has 0 saturated carbocycles. The summed E-state index contributed by atoms with van der Waals surface area (Å²) in [6.07, 6.45) is 0. The fourth-order valence-electron chi connectivity index (χ4n) is 3.21. The van der Waals surface area contributed by atoms with Gasteiger partial charge in [-0.2, -0.15) is 0 Å². The second-order valence-corrected chi connectivity index (χ2v) is 7.16. The summed E-state index contributed by atoms with van der Waals surface area (Å²) in [6, 6.07) is 19.3. The molecule has 1 fully saturated rings. The first kappa shape index (κ1) is 22.6. The zero-order valence-electron chi connectivity index (χ0n) is 16.9. The van der Waals surface area contributed by atoms with E-state index >= 15 is 0 Å². The van der Waals surface area contributed by atoms with Crippen LogP contribution in [0.15, 0.2) is 59.6 Å². The molecule has 2 N–H and O–H groups in total. The molecule has 5 nitrogen and oxygen atoms in total. The average molecular weight is 493 g/mol. The maximum atomic E-state index is 4.30. The van der Waals surface area contributed by atoms with E-state index in [1.165, 1.54) is 16.7 Å². The van der Waals surface area contributed by atoms with Gasteiger partial charge in [-0.1, -0.05) is 54.6 Å². The Hall–Kier alpha value is -1.64. The molecule has 2 aromatic rings. The maximum Gasteiger partial charge on any atom is 0.191 e. The number of rotatable bonds is 6. The Balaban J connectivity index is 0.00000280. The standard InChI is InChI=1S/C22H31N5.HI/c1-23-22(24-16-19-6-4-3-5-7-19)25-17-20-8-10-21(11-9-20)18-27-14-12-26(2)13-15-27;/h3-11H,12-18H2,1-2H3,(H2,23,24,25);1H. The summed E-state index contributed by atoms with van der Waals surface area (Å²) < 4.78 is 0. The van der Waals surface area contributed by atoms with E-state index < -0.39 is 0 Å². The lowest BCUT2D eigenvalue weighted by Gasteiger charge is -2.32. The SMILES string of the molecule is CN=C(NCc1ccccc1)NCc1ccc(CN2CCN(C)CC2)cc1.I. The van der Waals surface area contributed by atoms with Crippen LogP contribution < -0.4 is 10.6 Å². The van der Waals surface area contributed by atoms with Crippen LogP contribution >= 0.6 is 24.0 Å². The zero-order chi connectivity index (χ0) is 18.9. The highest BCUT2D eigenvalue weighted by molar-refractivity contribution is 14.0. The summed E-state index contributed by atoms with van der Waals surface area (Å²) in [5.41, 5.74) is 3.89. The molecule has 152 valence electrons. The molecule has 1 saturated heterocycles. The Morgan fingerprint density at radius 3 is 1.93 bits per heavy atom. The van der Waals surface area contributed by atoms with E-state index in [0.717, 1.165) is 51.8 Å². The van der Waals surface area contributed by atoms with Crippen LogP contribution in [0.3, 0.4) is 0 Å². The predicted octanol–water partition coefficient (Wildman–Crippen LogP) is 2.92. The molecule has 0 bridgehead atoms. The van der Waals surface area contributed by atoms with Crippen molar-refractivity contribution in [1.29, 1.82) is 0 Å². The number of aliphatic imine (C=N–C) groups is 1. The van der Waals surface area contributed by atoms with Crippen molar-refractivity contribution in [2.75, 3.05) is 40.3 Å². The third-order valence-corrected chi connectivity index (χ3v) is 5.01. The average Bonchev–Trinajstić information content (AvgIpc) is 2.72. The second-order valence-electron chi connectivity index (χ2n) is 7.16. The van der Waals surface area contributed by atoms with Gasteiger partial charge in [0, 0.05) is 52.9 Å². The minimum atomic E-state index is 0. The lowest BCUT2D eigenvalue weighted by molar-refractivity contribution is 0.148. The van der Waals surface area contributed by atoms with Crippen LogP contribution in [0.2, 0.25) is 0 Å². The normalized spacial score (nSPS) is 15.7. The minimum Gasteiger partial charge on any atom is -0.352 e. The number of hydrogen-bond acceptors (Lipinski definition) is 3. The van der Waals surface area contributed by atoms with Gasteiger partial charge in [-0.3, -0.25) is 9.89 Å². The molecule has 3 rings (SSSR count). The highest BCUT2D eigenvalue weighted by Crippen LogP contribution is 2.09. The van der Waals surface area contributed by atoms with Crippen LogP contribution in [0, 0.1) is 0 Å². The van der Waals surface area contributed by atoms with Crippen molar-refractivity contribution in [1.82, 2.24) is 20.4 Å². The number of halogens is 1. The quantitative estimate of drug-likeness (QED) is 0.369. The number of nitrogens with one attached hydrogen (secondary N) is 2. The van der Waals surface area contributed by atoms with Crippen molar-refractivity contribution in [3.8, 4) is 0 Å². The van der Waals surface area contributed by atoms with Crippen LogP contribution in [-0.4, -0.2) is 56.0 Å². The summed E-state index contributed by atoms with van der Waals surface area (Å²) in [5.74, 6) is 0.820. The monoisotopic (exact) mass is 493 g/mol. The van der Waals surface area contributed by atoms with E-state index in [2.05, 4.69) is 81.0 Å². The van der Waals surface area contributed by atoms with E-state index in [4.69, 9.17) is 0 Å². The van der Waals surface area contributed by atoms with Gasteiger partial charge >= 0.3 is 0 Å². The van der Waals surface area contributed by atoms with Crippen molar-refractivity contribution < 1.29 is 0 Å². The first-order valence-corrected chi connectivity index (χ1v) is 9.70. The molecule has 0 aliphatic carbocycles. The lowest BCUT2D eigenvalue weighted by Crippen LogP contribution is -2.43. The molecule has 28 heavy (non-hydrogen) atoms. The van der Waals surface area contributed by atoms with E-state index in [9.17, 15) is 0 Å². The molecule has 1 aliphatic rings. The maximum absolute atomic E-state index is 4.30. The van der Waals surface area contributed by atoms with Gasteiger partial charge in [-0.05, 0) is 23.7 Å². The highest BCUT2D eigenvalue weighted by Gasteiger charge is 2.13. The molecule has 0 amide bonds. The summed E-state index contributed by atoms with van der Waals surface area (Å²) >= 11 is 0. The van der Waals surface area contributed by atoms with Gasteiger partial charge in [0.15, 0.2) is 5.96 Å². The number of hydrogen-bond donors (Lipinski definition) is 2. The summed E-state index contributed by atoms with van der Waals surface area (Å²) in [6.45, 7) is 7.22. The number of likely N-dealkylation sites (N-methyl/N-ethyl adjacent to an activating group) is 1. The molecular formula is C22H32IN5. The van der Waals surface area contributed by atoms with Crippen LogP contribution in [0.25, 0.3) is 0 Å². The Bertz CT molecular complexity index is 709. The highest BCUT2D eigenvalue weighted by atomic mass is 127. The number of benzene rings is 2. The van der Waals surface area contributed by atoms with E-state index in [1.54, 1.807) is 7.05 Å². The molecule has 1 aliphatic heterocycles. The predicted molar refractivity (Wildman–Crippen MR) is 128 cm³/mol. The van der Waals surface area contributed by atoms with Crippen molar-refractivity contribution in [2.45, 2.75) is 19.6 Å². The topological polar surface area (TPSA) is 42.9 Å². The van der Waals surface area contributed by atoms with Gasteiger partial charge in [0.2, 0.25) is 0 Å². The Kier molecular flexibility index (Phi) is 9.73. The third-order valence-electron chi connectivity index (χ3n) is 5.01. The van der Waals surface area contributed by atoms with E-state index in [1.807, 2.05) is 6.07 Å². The summed E-state index contributed by atoms with van der Waals surface area (Å²) in [5, 5.41) is 6.74. The summed E-state index contributed by atoms with van der Waals surface area (Å²) in [4.78, 5) is 9.23. The first-order chi connectivity index (χ1) is 13.2. The smallest absolute Gasteiger partial charge is 0.191 e. The molecule has 0 atom stereocenters. The molecule has 1 heterocycles. The zero-order valence-corrected chi connectivity index (χ0v) is 19.2. The van der Waals surface area contributed by atoms with Gasteiger partial charge in [0.1, 0.15) is 0 Å². The van der Waals surface area contributed by atoms with Crippen molar-refractivity contribution in [3.63, 3.8) is 0 Å². The van der Waals surface area contributed by atoms with Crippen LogP contribution in [0.1, 0.15) is 16.7 Å². The molecule has 0 spiro atoms. The Morgan fingerprint density at radius 2 is 1.36 bits per heavy atom. The van der Waals surface area contributed by atoms with Crippen LogP contribution in [0.5, 0.6) is 0 Å². The summed E-state index contributed by atoms with van der Waals surface area (Å²) in [7, 11) is 4.00. The molecule has 6 heteroatoms. The van der Waals surface area contributed by atoms with Gasteiger partial charge in [-0.25, -0.2) is 0 Å². The molecule has 2 aromatic carbocycles. The van der Waals surface area contributed by atoms with Crippen LogP contribution in [-0.2, 0) is 19.6 Å². The first-order valence-electron chi connectivity index (χ1n) is 9.70. The number of guanidine groups is 1. The van der Waals surface area contributed by atoms with Crippen molar-refractivity contribution >= 4 is 29.9 Å². The number of piperazine rings is 1. The molecule has 0 unspecified atom stereocenters. The van der Waals surface area contributed by atoms with Crippen molar-refractivity contribution in [3.05, 3.63) is 71.3 Å². The van der Waals surface area contributed by atoms with Crippen LogP contribution in [0.4, 0.5) is 0 Å². The van der Waals surface area contributed by atoms with Gasteiger partial charge in [-0.15, -0.1) is 24.0 Å². The molecule has 0 radical (unpaired) electrons. The Morgan fingerprint density at radius 1 is 0.821 bits per heavy atom. The molecular weight excluding hydrogens is 461 g/mol. The minimum absolute atomic E-state index is 0. The van der Waals surface area contributed by atoms with E-state index in [0.29, 0.717) is 0 Å². The Labute approximate surface area is 186 Å². The second kappa shape index (κ2) is 12.0. The van der Waals surface area contributed by atoms with Crippen molar-refractivity contribution in [2.24, 2.45) is 4.99 Å².